The van der Waals surface area contributed by atoms with E-state index in [2.05, 4.69) is 10.6 Å². The van der Waals surface area contributed by atoms with E-state index in [0.717, 1.165) is 33.4 Å². The number of amides is 4. The molecule has 0 spiro atoms. The van der Waals surface area contributed by atoms with E-state index >= 15 is 0 Å². The van der Waals surface area contributed by atoms with Crippen LogP contribution in [0.3, 0.4) is 0 Å². The van der Waals surface area contributed by atoms with E-state index in [1.807, 2.05) is 50.2 Å². The van der Waals surface area contributed by atoms with Gasteiger partial charge in [0.25, 0.3) is 17.1 Å². The predicted octanol–water partition coefficient (Wildman–Crippen LogP) is 2.89. The maximum Gasteiger partial charge on any atom is 0.293 e. The second-order valence-corrected chi connectivity index (χ2v) is 8.08. The van der Waals surface area contributed by atoms with Crippen molar-refractivity contribution in [1.29, 1.82) is 0 Å². The van der Waals surface area contributed by atoms with Crippen LogP contribution in [0, 0.1) is 13.8 Å². The van der Waals surface area contributed by atoms with E-state index in [0.29, 0.717) is 10.5 Å². The Kier molecular flexibility index (Phi) is 7.25. The second kappa shape index (κ2) is 10.1. The predicted molar refractivity (Wildman–Crippen MR) is 120 cm³/mol. The van der Waals surface area contributed by atoms with Gasteiger partial charge in [-0.15, -0.1) is 0 Å². The molecule has 1 fully saturated rings. The van der Waals surface area contributed by atoms with Gasteiger partial charge in [0.1, 0.15) is 0 Å². The minimum Gasteiger partial charge on any atom is -0.353 e. The first kappa shape index (κ1) is 22.3. The van der Waals surface area contributed by atoms with Crippen molar-refractivity contribution in [2.75, 3.05) is 19.6 Å². The second-order valence-electron chi connectivity index (χ2n) is 7.09. The molecule has 0 aliphatic carbocycles. The zero-order chi connectivity index (χ0) is 22.4. The molecule has 1 aliphatic rings. The average molecular weight is 438 g/mol. The van der Waals surface area contributed by atoms with Crippen molar-refractivity contribution in [3.8, 4) is 0 Å². The number of nitrogens with one attached hydrogen (secondary N) is 2. The van der Waals surface area contributed by atoms with Crippen LogP contribution in [0.2, 0.25) is 0 Å². The van der Waals surface area contributed by atoms with Gasteiger partial charge >= 0.3 is 0 Å². The maximum absolute atomic E-state index is 12.5. The van der Waals surface area contributed by atoms with Crippen LogP contribution >= 0.6 is 11.8 Å². The van der Waals surface area contributed by atoms with Gasteiger partial charge in [0, 0.05) is 18.7 Å². The first-order valence-corrected chi connectivity index (χ1v) is 10.6. The first-order chi connectivity index (χ1) is 14.8. The fourth-order valence-corrected chi connectivity index (χ4v) is 3.82. The summed E-state index contributed by atoms with van der Waals surface area (Å²) in [5.41, 5.74) is 3.27. The lowest BCUT2D eigenvalue weighted by molar-refractivity contribution is -0.124. The largest absolute Gasteiger partial charge is 0.353 e. The zero-order valence-electron chi connectivity index (χ0n) is 17.3. The SMILES string of the molecule is Cc1ccc(/C=C2/SC(=O)N(CCNC(=O)CNC(=O)c3ccccc3C)C2=O)cc1. The molecule has 0 radical (unpaired) electrons. The van der Waals surface area contributed by atoms with Crippen LogP contribution < -0.4 is 10.6 Å². The normalized spacial score (nSPS) is 14.8. The van der Waals surface area contributed by atoms with Crippen molar-refractivity contribution in [2.24, 2.45) is 0 Å². The van der Waals surface area contributed by atoms with E-state index < -0.39 is 5.91 Å². The van der Waals surface area contributed by atoms with Crippen molar-refractivity contribution in [1.82, 2.24) is 15.5 Å². The molecule has 160 valence electrons. The third-order valence-corrected chi connectivity index (χ3v) is 5.61. The number of nitrogens with zero attached hydrogens (tertiary/aromatic N) is 1. The molecule has 2 N–H and O–H groups in total. The minimum absolute atomic E-state index is 0.0629. The summed E-state index contributed by atoms with van der Waals surface area (Å²) in [6.45, 7) is 3.77. The Morgan fingerprint density at radius 2 is 1.71 bits per heavy atom. The van der Waals surface area contributed by atoms with E-state index in [1.54, 1.807) is 18.2 Å². The van der Waals surface area contributed by atoms with Gasteiger partial charge in [-0.05, 0) is 48.9 Å². The Labute approximate surface area is 184 Å². The van der Waals surface area contributed by atoms with Gasteiger partial charge in [-0.25, -0.2) is 0 Å². The topological polar surface area (TPSA) is 95.6 Å². The van der Waals surface area contributed by atoms with Crippen LogP contribution in [0.15, 0.2) is 53.4 Å². The van der Waals surface area contributed by atoms with Crippen molar-refractivity contribution in [3.63, 3.8) is 0 Å². The molecule has 1 heterocycles. The highest BCUT2D eigenvalue weighted by atomic mass is 32.2. The molecule has 2 aromatic carbocycles. The number of aryl methyl sites for hydroxylation is 2. The summed E-state index contributed by atoms with van der Waals surface area (Å²) in [6.07, 6.45) is 1.68. The fraction of sp³-hybridized carbons (Fsp3) is 0.217. The van der Waals surface area contributed by atoms with Crippen LogP contribution in [0.1, 0.15) is 27.0 Å². The first-order valence-electron chi connectivity index (χ1n) is 9.77. The number of rotatable bonds is 7. The molecule has 0 unspecified atom stereocenters. The summed E-state index contributed by atoms with van der Waals surface area (Å²) in [5.74, 6) is -1.11. The molecular weight excluding hydrogens is 414 g/mol. The third-order valence-electron chi connectivity index (χ3n) is 4.71. The van der Waals surface area contributed by atoms with Crippen molar-refractivity contribution in [2.45, 2.75) is 13.8 Å². The van der Waals surface area contributed by atoms with Gasteiger partial charge in [0.05, 0.1) is 11.4 Å². The highest BCUT2D eigenvalue weighted by Gasteiger charge is 2.34. The molecule has 2 aromatic rings. The third kappa shape index (κ3) is 5.82. The lowest BCUT2D eigenvalue weighted by Crippen LogP contribution is -2.41. The molecule has 8 heteroatoms. The molecule has 31 heavy (non-hydrogen) atoms. The summed E-state index contributed by atoms with van der Waals surface area (Å²) in [7, 11) is 0. The van der Waals surface area contributed by atoms with Crippen LogP contribution in [0.4, 0.5) is 4.79 Å². The molecule has 0 saturated carbocycles. The molecule has 4 amide bonds. The summed E-state index contributed by atoms with van der Waals surface area (Å²) < 4.78 is 0. The smallest absolute Gasteiger partial charge is 0.293 e. The van der Waals surface area contributed by atoms with Crippen molar-refractivity contribution >= 4 is 40.8 Å². The summed E-state index contributed by atoms with van der Waals surface area (Å²) in [5, 5.41) is 4.81. The van der Waals surface area contributed by atoms with Crippen molar-refractivity contribution in [3.05, 3.63) is 75.7 Å². The average Bonchev–Trinajstić information content (AvgIpc) is 3.01. The van der Waals surface area contributed by atoms with Crippen LogP contribution in [0.25, 0.3) is 6.08 Å². The Hall–Kier alpha value is -3.39. The van der Waals surface area contributed by atoms with Gasteiger partial charge in [-0.2, -0.15) is 0 Å². The number of imide groups is 1. The van der Waals surface area contributed by atoms with Gasteiger partial charge in [0.15, 0.2) is 0 Å². The Morgan fingerprint density at radius 3 is 2.42 bits per heavy atom. The van der Waals surface area contributed by atoms with Gasteiger partial charge < -0.3 is 10.6 Å². The summed E-state index contributed by atoms with van der Waals surface area (Å²) in [4.78, 5) is 50.3. The van der Waals surface area contributed by atoms with Gasteiger partial charge in [-0.1, -0.05) is 48.0 Å². The highest BCUT2D eigenvalue weighted by Crippen LogP contribution is 2.31. The van der Waals surface area contributed by atoms with Crippen LogP contribution in [-0.4, -0.2) is 47.5 Å². The number of thioether (sulfide) groups is 1. The van der Waals surface area contributed by atoms with Gasteiger partial charge in [-0.3, -0.25) is 24.1 Å². The molecule has 1 saturated heterocycles. The van der Waals surface area contributed by atoms with E-state index in [4.69, 9.17) is 0 Å². The van der Waals surface area contributed by atoms with Crippen LogP contribution in [-0.2, 0) is 9.59 Å². The quantitative estimate of drug-likeness (QED) is 0.650. The highest BCUT2D eigenvalue weighted by molar-refractivity contribution is 8.18. The Balaban J connectivity index is 1.46. The standard InChI is InChI=1S/C23H23N3O4S/c1-15-7-9-17(10-8-15)13-19-22(29)26(23(30)31-19)12-11-24-20(27)14-25-21(28)18-6-4-3-5-16(18)2/h3-10,13H,11-12,14H2,1-2H3,(H,24,27)(H,25,28)/b19-13+. The Bertz CT molecular complexity index is 1050. The molecule has 0 bridgehead atoms. The van der Waals surface area contributed by atoms with E-state index in [-0.39, 0.29) is 36.7 Å². The number of hydrogen-bond acceptors (Lipinski definition) is 5. The Morgan fingerprint density at radius 1 is 1.00 bits per heavy atom. The molecule has 0 aromatic heterocycles. The summed E-state index contributed by atoms with van der Waals surface area (Å²) >= 11 is 0.882. The summed E-state index contributed by atoms with van der Waals surface area (Å²) in [6, 6.07) is 14.7. The monoisotopic (exact) mass is 437 g/mol. The lowest BCUT2D eigenvalue weighted by atomic mass is 10.1. The molecule has 0 atom stereocenters. The van der Waals surface area contributed by atoms with E-state index in [1.165, 1.54) is 0 Å². The molecular formula is C23H23N3O4S. The maximum atomic E-state index is 12.5. The van der Waals surface area contributed by atoms with E-state index in [9.17, 15) is 19.2 Å². The number of benzene rings is 2. The molecule has 1 aliphatic heterocycles. The number of carbonyl (C=O) groups excluding carboxylic acids is 4. The lowest BCUT2D eigenvalue weighted by Gasteiger charge is -2.13. The molecule has 3 rings (SSSR count). The number of carbonyl (C=O) groups is 4. The minimum atomic E-state index is -0.399. The van der Waals surface area contributed by atoms with Gasteiger partial charge in [0.2, 0.25) is 5.91 Å². The van der Waals surface area contributed by atoms with Crippen molar-refractivity contribution < 1.29 is 19.2 Å². The zero-order valence-corrected chi connectivity index (χ0v) is 18.1. The molecule has 7 nitrogen and oxygen atoms in total. The number of hydrogen-bond donors (Lipinski definition) is 2. The van der Waals surface area contributed by atoms with Crippen LogP contribution in [0.5, 0.6) is 0 Å². The fourth-order valence-electron chi connectivity index (χ4n) is 2.96.